The first kappa shape index (κ1) is 24.3. The molecule has 0 amide bonds. The Labute approximate surface area is 246 Å². The molecule has 0 aliphatic rings. The molecular weight excluding hydrogens is 504 g/mol. The van der Waals surface area contributed by atoms with Crippen LogP contribution >= 0.6 is 0 Å². The highest BCUT2D eigenvalue weighted by atomic mass is 14.2. The Morgan fingerprint density at radius 3 is 1.31 bits per heavy atom. The molecule has 0 radical (unpaired) electrons. The Hall–Kier alpha value is -5.46. The predicted molar refractivity (Wildman–Crippen MR) is 181 cm³/mol. The number of benzene rings is 8. The third kappa shape index (κ3) is 4.08. The number of rotatable bonds is 4. The van der Waals surface area contributed by atoms with Gasteiger partial charge in [0, 0.05) is 0 Å². The van der Waals surface area contributed by atoms with Crippen LogP contribution in [0, 0.1) is 0 Å². The van der Waals surface area contributed by atoms with Crippen molar-refractivity contribution in [3.63, 3.8) is 0 Å². The molecule has 0 atom stereocenters. The van der Waals surface area contributed by atoms with Crippen molar-refractivity contribution in [3.8, 4) is 44.5 Å². The lowest BCUT2D eigenvalue weighted by Gasteiger charge is -2.20. The second kappa shape index (κ2) is 10.2. The van der Waals surface area contributed by atoms with Gasteiger partial charge in [0.2, 0.25) is 0 Å². The SMILES string of the molecule is c1ccc(-c2ccc3ccc(-c4c5ccccc5c(-c5ccccc5-c5ccccc5)c5ccccc45)cc3c2)cc1. The van der Waals surface area contributed by atoms with E-state index < -0.39 is 0 Å². The molecule has 0 unspecified atom stereocenters. The Kier molecular flexibility index (Phi) is 5.90. The fourth-order valence-electron chi connectivity index (χ4n) is 6.51. The third-order valence-electron chi connectivity index (χ3n) is 8.45. The average molecular weight is 533 g/mol. The lowest BCUT2D eigenvalue weighted by atomic mass is 9.83. The van der Waals surface area contributed by atoms with Gasteiger partial charge in [0.1, 0.15) is 0 Å². The molecule has 0 heteroatoms. The maximum atomic E-state index is 2.37. The van der Waals surface area contributed by atoms with Crippen molar-refractivity contribution in [1.82, 2.24) is 0 Å². The molecule has 0 heterocycles. The number of hydrogen-bond donors (Lipinski definition) is 0. The molecule has 0 fully saturated rings. The van der Waals surface area contributed by atoms with Crippen molar-refractivity contribution < 1.29 is 0 Å². The van der Waals surface area contributed by atoms with Gasteiger partial charge < -0.3 is 0 Å². The van der Waals surface area contributed by atoms with Gasteiger partial charge in [0.25, 0.3) is 0 Å². The Balaban J connectivity index is 1.41. The monoisotopic (exact) mass is 532 g/mol. The van der Waals surface area contributed by atoms with Gasteiger partial charge in [-0.1, -0.05) is 158 Å². The molecule has 0 aliphatic heterocycles. The molecule has 0 N–H and O–H groups in total. The van der Waals surface area contributed by atoms with Crippen molar-refractivity contribution in [2.75, 3.05) is 0 Å². The van der Waals surface area contributed by atoms with E-state index in [1.165, 1.54) is 76.8 Å². The smallest absolute Gasteiger partial charge is 0.00201 e. The van der Waals surface area contributed by atoms with Crippen LogP contribution in [0.4, 0.5) is 0 Å². The topological polar surface area (TPSA) is 0 Å². The van der Waals surface area contributed by atoms with Crippen molar-refractivity contribution in [1.29, 1.82) is 0 Å². The number of hydrogen-bond acceptors (Lipinski definition) is 0. The molecule has 8 aromatic rings. The largest absolute Gasteiger partial charge is 0.0622 e. The van der Waals surface area contributed by atoms with Gasteiger partial charge in [-0.05, 0) is 89.0 Å². The zero-order valence-corrected chi connectivity index (χ0v) is 23.2. The summed E-state index contributed by atoms with van der Waals surface area (Å²) in [6.45, 7) is 0. The normalized spacial score (nSPS) is 11.3. The quantitative estimate of drug-likeness (QED) is 0.198. The molecule has 0 nitrogen and oxygen atoms in total. The number of fused-ring (bicyclic) bond motifs is 3. The van der Waals surface area contributed by atoms with Gasteiger partial charge in [-0.15, -0.1) is 0 Å². The summed E-state index contributed by atoms with van der Waals surface area (Å²) in [6.07, 6.45) is 0. The highest BCUT2D eigenvalue weighted by molar-refractivity contribution is 6.22. The fraction of sp³-hybridized carbons (Fsp3) is 0. The predicted octanol–water partition coefficient (Wildman–Crippen LogP) is 11.8. The first-order chi connectivity index (χ1) is 20.8. The van der Waals surface area contributed by atoms with Gasteiger partial charge in [-0.25, -0.2) is 0 Å². The summed E-state index contributed by atoms with van der Waals surface area (Å²) in [6, 6.07) is 61.7. The molecule has 0 aromatic heterocycles. The van der Waals surface area contributed by atoms with Gasteiger partial charge in [-0.2, -0.15) is 0 Å². The van der Waals surface area contributed by atoms with E-state index in [4.69, 9.17) is 0 Å². The van der Waals surface area contributed by atoms with Crippen LogP contribution < -0.4 is 0 Å². The molecule has 0 saturated carbocycles. The van der Waals surface area contributed by atoms with Gasteiger partial charge >= 0.3 is 0 Å². The molecule has 0 aliphatic carbocycles. The van der Waals surface area contributed by atoms with E-state index in [9.17, 15) is 0 Å². The second-order valence-electron chi connectivity index (χ2n) is 10.9. The highest BCUT2D eigenvalue weighted by Gasteiger charge is 2.18. The molecule has 196 valence electrons. The third-order valence-corrected chi connectivity index (χ3v) is 8.45. The first-order valence-corrected chi connectivity index (χ1v) is 14.5. The Bertz CT molecular complexity index is 2170. The van der Waals surface area contributed by atoms with Gasteiger partial charge in [0.15, 0.2) is 0 Å². The zero-order valence-electron chi connectivity index (χ0n) is 23.2. The van der Waals surface area contributed by atoms with Crippen molar-refractivity contribution in [2.45, 2.75) is 0 Å². The lowest BCUT2D eigenvalue weighted by Crippen LogP contribution is -1.92. The molecule has 42 heavy (non-hydrogen) atoms. The molecule has 0 bridgehead atoms. The first-order valence-electron chi connectivity index (χ1n) is 14.5. The zero-order chi connectivity index (χ0) is 27.9. The average Bonchev–Trinajstić information content (AvgIpc) is 3.07. The van der Waals surface area contributed by atoms with E-state index >= 15 is 0 Å². The van der Waals surface area contributed by atoms with Gasteiger partial charge in [-0.3, -0.25) is 0 Å². The van der Waals surface area contributed by atoms with E-state index in [-0.39, 0.29) is 0 Å². The Morgan fingerprint density at radius 2 is 0.690 bits per heavy atom. The van der Waals surface area contributed by atoms with Crippen LogP contribution in [0.5, 0.6) is 0 Å². The summed E-state index contributed by atoms with van der Waals surface area (Å²) in [4.78, 5) is 0. The van der Waals surface area contributed by atoms with E-state index in [1.54, 1.807) is 0 Å². The van der Waals surface area contributed by atoms with Crippen LogP contribution in [0.25, 0.3) is 76.8 Å². The molecule has 8 rings (SSSR count). The van der Waals surface area contributed by atoms with E-state index in [0.717, 1.165) is 0 Å². The fourth-order valence-corrected chi connectivity index (χ4v) is 6.51. The standard InChI is InChI=1S/C42H28/c1-3-13-29(14-4-1)32-25-23-30-24-26-33(28-34(30)27-32)41-37-19-9-11-21-39(37)42(40-22-12-10-20-38(40)41)36-18-8-7-17-35(36)31-15-5-2-6-16-31/h1-28H. The van der Waals surface area contributed by atoms with E-state index in [1.807, 2.05) is 0 Å². The summed E-state index contributed by atoms with van der Waals surface area (Å²) in [7, 11) is 0. The van der Waals surface area contributed by atoms with Crippen molar-refractivity contribution in [2.24, 2.45) is 0 Å². The summed E-state index contributed by atoms with van der Waals surface area (Å²) in [5, 5.41) is 7.58. The molecule has 0 saturated heterocycles. The van der Waals surface area contributed by atoms with Crippen LogP contribution in [-0.4, -0.2) is 0 Å². The van der Waals surface area contributed by atoms with Crippen LogP contribution in [0.15, 0.2) is 170 Å². The highest BCUT2D eigenvalue weighted by Crippen LogP contribution is 2.46. The Morgan fingerprint density at radius 1 is 0.238 bits per heavy atom. The summed E-state index contributed by atoms with van der Waals surface area (Å²) in [5.74, 6) is 0. The van der Waals surface area contributed by atoms with Crippen molar-refractivity contribution >= 4 is 32.3 Å². The van der Waals surface area contributed by atoms with Crippen LogP contribution in [0.3, 0.4) is 0 Å². The van der Waals surface area contributed by atoms with Crippen LogP contribution in [0.2, 0.25) is 0 Å². The minimum Gasteiger partial charge on any atom is -0.0622 e. The minimum atomic E-state index is 1.23. The maximum absolute atomic E-state index is 2.37. The van der Waals surface area contributed by atoms with Crippen molar-refractivity contribution in [3.05, 3.63) is 170 Å². The van der Waals surface area contributed by atoms with Gasteiger partial charge in [0.05, 0.1) is 0 Å². The molecule has 8 aromatic carbocycles. The van der Waals surface area contributed by atoms with Crippen LogP contribution in [0.1, 0.15) is 0 Å². The second-order valence-corrected chi connectivity index (χ2v) is 10.9. The summed E-state index contributed by atoms with van der Waals surface area (Å²) in [5.41, 5.74) is 10.0. The summed E-state index contributed by atoms with van der Waals surface area (Å²) < 4.78 is 0. The molecule has 0 spiro atoms. The van der Waals surface area contributed by atoms with E-state index in [0.29, 0.717) is 0 Å². The van der Waals surface area contributed by atoms with E-state index in [2.05, 4.69) is 170 Å². The molecular formula is C42H28. The van der Waals surface area contributed by atoms with Crippen LogP contribution in [-0.2, 0) is 0 Å². The lowest BCUT2D eigenvalue weighted by molar-refractivity contribution is 1.61. The maximum Gasteiger partial charge on any atom is -0.00201 e. The summed E-state index contributed by atoms with van der Waals surface area (Å²) >= 11 is 0. The minimum absolute atomic E-state index is 1.23.